The zero-order valence-corrected chi connectivity index (χ0v) is 36.6. The van der Waals surface area contributed by atoms with Crippen molar-refractivity contribution < 1.29 is 9.59 Å². The van der Waals surface area contributed by atoms with Crippen molar-refractivity contribution >= 4 is 60.4 Å². The number of aromatic nitrogens is 4. The van der Waals surface area contributed by atoms with Gasteiger partial charge in [0.2, 0.25) is 11.8 Å². The highest BCUT2D eigenvalue weighted by molar-refractivity contribution is 7.59. The van der Waals surface area contributed by atoms with Crippen molar-refractivity contribution in [2.75, 3.05) is 41.3 Å². The number of carbonyl (C=O) groups is 2. The van der Waals surface area contributed by atoms with Crippen molar-refractivity contribution in [3.05, 3.63) is 144 Å². The van der Waals surface area contributed by atoms with Crippen molar-refractivity contribution in [1.82, 2.24) is 39.5 Å². The number of imidazole rings is 2. The highest BCUT2D eigenvalue weighted by Crippen LogP contribution is 2.38. The van der Waals surface area contributed by atoms with E-state index in [2.05, 4.69) is 58.5 Å². The van der Waals surface area contributed by atoms with E-state index in [0.29, 0.717) is 0 Å². The molecule has 326 valence electrons. The summed E-state index contributed by atoms with van der Waals surface area (Å²) in [4.78, 5) is 52.8. The summed E-state index contributed by atoms with van der Waals surface area (Å²) in [5.74, 6) is 1.87. The van der Waals surface area contributed by atoms with Gasteiger partial charge in [0, 0.05) is 24.2 Å². The number of likely N-dealkylation sites (N-methyl/N-ethyl adjacent to an activating group) is 2. The number of nitrogens with one attached hydrogen (secondary N) is 2. The summed E-state index contributed by atoms with van der Waals surface area (Å²) in [6, 6.07) is 36.7. The topological polar surface area (TPSA) is 104 Å². The van der Waals surface area contributed by atoms with Crippen LogP contribution in [0, 0.1) is 0 Å². The lowest BCUT2D eigenvalue weighted by atomic mass is 9.99. The summed E-state index contributed by atoms with van der Waals surface area (Å²) < 4.78 is 0. The van der Waals surface area contributed by atoms with Gasteiger partial charge in [-0.15, -0.1) is 0 Å². The molecule has 2 aromatic heterocycles. The van der Waals surface area contributed by atoms with Crippen molar-refractivity contribution in [2.45, 2.75) is 64.7 Å². The number of hydrogen-bond donors (Lipinski definition) is 2. The first-order chi connectivity index (χ1) is 28.2. The highest BCUT2D eigenvalue weighted by Gasteiger charge is 2.38. The van der Waals surface area contributed by atoms with Crippen LogP contribution in [0.5, 0.6) is 0 Å². The van der Waals surface area contributed by atoms with Gasteiger partial charge in [0.25, 0.3) is 0 Å². The summed E-state index contributed by atoms with van der Waals surface area (Å²) in [7, 11) is 7.86. The lowest BCUT2D eigenvalue weighted by molar-refractivity contribution is -0.138. The fourth-order valence-corrected chi connectivity index (χ4v) is 9.18. The molecule has 9 rings (SSSR count). The second kappa shape index (κ2) is 20.2. The van der Waals surface area contributed by atoms with Crippen LogP contribution in [0.2, 0.25) is 0 Å². The molecule has 2 aliphatic rings. The monoisotopic (exact) mass is 870 g/mol. The number of rotatable bonds is 10. The predicted molar refractivity (Wildman–Crippen MR) is 264 cm³/mol. The van der Waals surface area contributed by atoms with Gasteiger partial charge < -0.3 is 19.8 Å². The first-order valence-electron chi connectivity index (χ1n) is 20.4. The molecule has 0 radical (unpaired) electrons. The predicted octanol–water partition coefficient (Wildman–Crippen LogP) is 10.2. The first kappa shape index (κ1) is 47.6. The molecule has 0 aliphatic carbocycles. The number of carbonyl (C=O) groups excluding carboxylic acids is 2. The van der Waals surface area contributed by atoms with E-state index in [9.17, 15) is 9.59 Å². The Bertz CT molecular complexity index is 2410. The second-order valence-corrected chi connectivity index (χ2v) is 16.3. The largest absolute Gasteiger partial charge is 0.340 e. The van der Waals surface area contributed by atoms with Gasteiger partial charge in [-0.1, -0.05) is 99.8 Å². The molecule has 4 atom stereocenters. The van der Waals surface area contributed by atoms with Crippen LogP contribution in [0.15, 0.2) is 122 Å². The van der Waals surface area contributed by atoms with Crippen molar-refractivity contribution in [3.8, 4) is 22.5 Å². The average molecular weight is 871 g/mol. The summed E-state index contributed by atoms with van der Waals surface area (Å²) in [5.41, 5.74) is 5.98. The molecule has 2 aliphatic heterocycles. The molecular weight excluding hydrogens is 809 g/mol. The van der Waals surface area contributed by atoms with Gasteiger partial charge in [0.1, 0.15) is 23.7 Å². The fraction of sp³-hybridized carbons (Fsp3) is 0.320. The van der Waals surface area contributed by atoms with E-state index in [1.54, 1.807) is 0 Å². The van der Waals surface area contributed by atoms with E-state index in [4.69, 9.17) is 9.97 Å². The Labute approximate surface area is 380 Å². The quantitative estimate of drug-likeness (QED) is 0.133. The number of likely N-dealkylation sites (tertiary alicyclic amines) is 2. The van der Waals surface area contributed by atoms with Crippen LogP contribution in [0.25, 0.3) is 44.1 Å². The van der Waals surface area contributed by atoms with Gasteiger partial charge in [0.05, 0.1) is 35.9 Å². The number of amides is 2. The number of hydrogen-bond acceptors (Lipinski definition) is 6. The summed E-state index contributed by atoms with van der Waals surface area (Å²) in [5, 5.41) is 4.58. The lowest BCUT2D eigenvalue weighted by Crippen LogP contribution is -2.40. The normalized spacial score (nSPS) is 17.0. The minimum atomic E-state index is -0.346. The van der Waals surface area contributed by atoms with Gasteiger partial charge in [-0.05, 0) is 111 Å². The molecule has 0 bridgehead atoms. The molecule has 12 heteroatoms. The van der Waals surface area contributed by atoms with E-state index >= 15 is 0 Å². The molecule has 4 heterocycles. The summed E-state index contributed by atoms with van der Waals surface area (Å²) >= 11 is 0. The fourth-order valence-electron chi connectivity index (χ4n) is 9.18. The molecule has 10 nitrogen and oxygen atoms in total. The molecule has 2 fully saturated rings. The zero-order valence-electron chi connectivity index (χ0n) is 34.6. The van der Waals surface area contributed by atoms with E-state index in [1.165, 1.54) is 0 Å². The lowest BCUT2D eigenvalue weighted by Gasteiger charge is -2.31. The number of fused-ring (bicyclic) bond motifs is 2. The van der Waals surface area contributed by atoms with Crippen LogP contribution in [0.1, 0.15) is 87.5 Å². The Balaban J connectivity index is 0.00000181. The molecule has 2 saturated heterocycles. The Hall–Kier alpha value is -5.40. The zero-order chi connectivity index (χ0) is 39.9. The second-order valence-electron chi connectivity index (χ2n) is 16.3. The Morgan fingerprint density at radius 2 is 0.952 bits per heavy atom. The molecular formula is C50H62N8O2S2. The van der Waals surface area contributed by atoms with Crippen LogP contribution in [0.4, 0.5) is 0 Å². The maximum absolute atomic E-state index is 14.0. The highest BCUT2D eigenvalue weighted by atomic mass is 32.1. The molecule has 7 aromatic rings. The molecule has 0 spiro atoms. The molecule has 62 heavy (non-hydrogen) atoms. The standard InChI is InChI=1S/C48H50N8O2.2CH4.2H2S/c1-53(2)43(31-13-7-5-8-14-31)47(57)55-23-11-17-41(55)45-49-29-39(51-45)35-21-19-33-26-38-28-36(22-20-34(38)25-37(33)27-35)40-30-50-46(52-40)42-18-12-24-56(42)48(58)44(54(3)4)32-15-9-6-10-16-32;;;;/h5-10,13-16,19-22,25-30,41-44H,11-12,17-18,23-24H2,1-4H3,(H,49,51)(H,50,52);2*1H4;2*1H2/t41-,42-,43+,44+;;;;/m0..../s1. The number of H-pyrrole nitrogens is 2. The van der Waals surface area contributed by atoms with Crippen molar-refractivity contribution in [3.63, 3.8) is 0 Å². The number of aromatic amines is 2. The first-order valence-corrected chi connectivity index (χ1v) is 20.4. The molecule has 5 aromatic carbocycles. The van der Waals surface area contributed by atoms with E-state index in [1.807, 2.05) is 121 Å². The van der Waals surface area contributed by atoms with Gasteiger partial charge in [0.15, 0.2) is 0 Å². The van der Waals surface area contributed by atoms with Crippen molar-refractivity contribution in [2.24, 2.45) is 0 Å². The van der Waals surface area contributed by atoms with Crippen LogP contribution in [-0.4, -0.2) is 92.6 Å². The van der Waals surface area contributed by atoms with Crippen LogP contribution >= 0.6 is 27.0 Å². The minimum absolute atomic E-state index is 0. The Kier molecular flexibility index (Phi) is 15.5. The maximum atomic E-state index is 14.0. The molecule has 0 saturated carbocycles. The molecule has 0 unspecified atom stereocenters. The van der Waals surface area contributed by atoms with Crippen LogP contribution in [0.3, 0.4) is 0 Å². The van der Waals surface area contributed by atoms with E-state index in [-0.39, 0.29) is 77.8 Å². The minimum Gasteiger partial charge on any atom is -0.340 e. The van der Waals surface area contributed by atoms with Gasteiger partial charge >= 0.3 is 0 Å². The van der Waals surface area contributed by atoms with Crippen LogP contribution in [-0.2, 0) is 9.59 Å². The Morgan fingerprint density at radius 3 is 1.32 bits per heavy atom. The van der Waals surface area contributed by atoms with E-state index < -0.39 is 0 Å². The van der Waals surface area contributed by atoms with Gasteiger partial charge in [-0.25, -0.2) is 9.97 Å². The third-order valence-corrected chi connectivity index (χ3v) is 12.0. The number of nitrogens with zero attached hydrogens (tertiary/aromatic N) is 6. The third kappa shape index (κ3) is 9.20. The summed E-state index contributed by atoms with van der Waals surface area (Å²) in [6.45, 7) is 1.44. The van der Waals surface area contributed by atoms with Crippen molar-refractivity contribution in [1.29, 1.82) is 0 Å². The SMILES string of the molecule is C.C.CN(C)[C@@H](C(=O)N1CCC[C@H]1c1ncc(-c2ccc3cc4cc(-c5cnc([C@@H]6CCCN6C(=O)[C@@H](c6ccccc6)N(C)C)[nH]5)ccc4cc3c2)[nH]1)c1ccccc1.S.S. The van der Waals surface area contributed by atoms with Crippen LogP contribution < -0.4 is 0 Å². The molecule has 2 amide bonds. The van der Waals surface area contributed by atoms with Gasteiger partial charge in [-0.3, -0.25) is 19.4 Å². The smallest absolute Gasteiger partial charge is 0.245 e. The Morgan fingerprint density at radius 1 is 0.565 bits per heavy atom. The average Bonchev–Trinajstić information content (AvgIpc) is 4.07. The van der Waals surface area contributed by atoms with Gasteiger partial charge in [-0.2, -0.15) is 27.0 Å². The summed E-state index contributed by atoms with van der Waals surface area (Å²) in [6.07, 6.45) is 7.44. The van der Waals surface area contributed by atoms with E-state index in [0.717, 1.165) is 106 Å². The number of benzene rings is 5. The molecule has 2 N–H and O–H groups in total. The third-order valence-electron chi connectivity index (χ3n) is 12.0. The maximum Gasteiger partial charge on any atom is 0.245 e.